The van der Waals surface area contributed by atoms with Crippen LogP contribution in [0.4, 0.5) is 4.79 Å². The Morgan fingerprint density at radius 3 is 1.73 bits per heavy atom. The van der Waals surface area contributed by atoms with Gasteiger partial charge in [0.25, 0.3) is 0 Å². The molecule has 1 heterocycles. The second-order valence-electron chi connectivity index (χ2n) is 11.8. The van der Waals surface area contributed by atoms with Crippen LogP contribution in [0.5, 0.6) is 0 Å². The lowest BCUT2D eigenvalue weighted by molar-refractivity contribution is -0.230. The molecule has 4 aromatic carbocycles. The first-order valence-electron chi connectivity index (χ1n) is 16.0. The topological polar surface area (TPSA) is 141 Å². The predicted molar refractivity (Wildman–Crippen MR) is 175 cm³/mol. The van der Waals surface area contributed by atoms with E-state index >= 15 is 0 Å². The van der Waals surface area contributed by atoms with Gasteiger partial charge in [-0.25, -0.2) is 14.4 Å². The molecule has 1 saturated heterocycles. The van der Waals surface area contributed by atoms with Crippen LogP contribution in [0, 0.1) is 0 Å². The molecule has 3 N–H and O–H groups in total. The van der Waals surface area contributed by atoms with Crippen LogP contribution in [0.2, 0.25) is 0 Å². The second kappa shape index (κ2) is 15.2. The van der Waals surface area contributed by atoms with Crippen molar-refractivity contribution in [2.24, 2.45) is 0 Å². The lowest BCUT2D eigenvalue weighted by Gasteiger charge is -2.43. The molecule has 0 bridgehead atoms. The molecule has 4 aromatic rings. The minimum atomic E-state index is -1.50. The number of hydrogen-bond acceptors (Lipinski definition) is 9. The van der Waals surface area contributed by atoms with Gasteiger partial charge in [-0.1, -0.05) is 84.9 Å². The Labute approximate surface area is 278 Å². The second-order valence-corrected chi connectivity index (χ2v) is 11.8. The molecule has 0 unspecified atom stereocenters. The molecule has 0 saturated carbocycles. The SMILES string of the molecule is O=C(NCCC[C@H]1O[C@H](CO)[C@@H](OC(=O)c2ccccc2)[C@H](O)[C@@H]1OC(=O)c1ccccc1)OCC1c2ccccc2-c2ccccc21. The summed E-state index contributed by atoms with van der Waals surface area (Å²) < 4.78 is 23.0. The quantitative estimate of drug-likeness (QED) is 0.118. The summed E-state index contributed by atoms with van der Waals surface area (Å²) in [4.78, 5) is 38.6. The number of rotatable bonds is 11. The fourth-order valence-corrected chi connectivity index (χ4v) is 6.35. The first kappa shape index (κ1) is 32.9. The Balaban J connectivity index is 1.07. The Morgan fingerprint density at radius 1 is 0.688 bits per heavy atom. The molecule has 10 heteroatoms. The maximum absolute atomic E-state index is 13.0. The number of alkyl carbamates (subject to hydrolysis) is 1. The molecule has 0 radical (unpaired) electrons. The van der Waals surface area contributed by atoms with Gasteiger partial charge in [-0.3, -0.25) is 0 Å². The maximum Gasteiger partial charge on any atom is 0.407 e. The van der Waals surface area contributed by atoms with Crippen LogP contribution in [0.25, 0.3) is 11.1 Å². The molecule has 0 aromatic heterocycles. The predicted octanol–water partition coefficient (Wildman–Crippen LogP) is 4.88. The van der Waals surface area contributed by atoms with E-state index in [0.29, 0.717) is 6.42 Å². The van der Waals surface area contributed by atoms with Gasteiger partial charge in [0.1, 0.15) is 18.8 Å². The molecule has 0 spiro atoms. The third kappa shape index (κ3) is 7.26. The van der Waals surface area contributed by atoms with Crippen LogP contribution in [-0.2, 0) is 18.9 Å². The Kier molecular flexibility index (Phi) is 10.4. The molecular weight excluding hydrogens is 614 g/mol. The van der Waals surface area contributed by atoms with Gasteiger partial charge in [0, 0.05) is 12.5 Å². The summed E-state index contributed by atoms with van der Waals surface area (Å²) in [5.41, 5.74) is 5.02. The average Bonchev–Trinajstić information content (AvgIpc) is 3.45. The van der Waals surface area contributed by atoms with Crippen LogP contribution < -0.4 is 5.32 Å². The Morgan fingerprint density at radius 2 is 1.19 bits per heavy atom. The van der Waals surface area contributed by atoms with E-state index in [1.165, 1.54) is 0 Å². The number of aliphatic hydroxyl groups is 2. The minimum absolute atomic E-state index is 0.0697. The van der Waals surface area contributed by atoms with Crippen molar-refractivity contribution in [3.63, 3.8) is 0 Å². The maximum atomic E-state index is 13.0. The van der Waals surface area contributed by atoms with Gasteiger partial charge >= 0.3 is 18.0 Å². The summed E-state index contributed by atoms with van der Waals surface area (Å²) in [6, 6.07) is 32.7. The molecule has 48 heavy (non-hydrogen) atoms. The number of carbonyl (C=O) groups is 3. The number of benzene rings is 4. The van der Waals surface area contributed by atoms with E-state index in [1.807, 2.05) is 36.4 Å². The highest BCUT2D eigenvalue weighted by Gasteiger charge is 2.49. The summed E-state index contributed by atoms with van der Waals surface area (Å²) in [7, 11) is 0. The standard InChI is InChI=1S/C38H37NO9/c40-22-32-35(48-37(43)25-14-5-2-6-15-25)33(41)34(47-36(42)24-12-3-1-4-13-24)31(46-32)20-11-21-39-38(44)45-23-30-28-18-9-7-16-26(28)27-17-8-10-19-29(27)30/h1-10,12-19,30-35,40-41H,11,20-23H2,(H,39,44)/t31-,32-,33-,34-,35-/m1/s1. The first-order valence-corrected chi connectivity index (χ1v) is 16.0. The van der Waals surface area contributed by atoms with Crippen LogP contribution in [0.3, 0.4) is 0 Å². The molecule has 1 fully saturated rings. The van der Waals surface area contributed by atoms with E-state index in [2.05, 4.69) is 17.4 Å². The summed E-state index contributed by atoms with van der Waals surface area (Å²) >= 11 is 0. The van der Waals surface area contributed by atoms with E-state index in [1.54, 1.807) is 60.7 Å². The molecule has 5 atom stereocenters. The van der Waals surface area contributed by atoms with Crippen molar-refractivity contribution in [2.75, 3.05) is 19.8 Å². The van der Waals surface area contributed by atoms with Gasteiger partial charge in [0.15, 0.2) is 12.2 Å². The van der Waals surface area contributed by atoms with E-state index in [-0.39, 0.29) is 36.6 Å². The molecule has 248 valence electrons. The molecule has 1 aliphatic heterocycles. The van der Waals surface area contributed by atoms with Gasteiger partial charge in [-0.2, -0.15) is 0 Å². The summed E-state index contributed by atoms with van der Waals surface area (Å²) in [5, 5.41) is 24.3. The van der Waals surface area contributed by atoms with Gasteiger partial charge in [0.2, 0.25) is 0 Å². The monoisotopic (exact) mass is 651 g/mol. The van der Waals surface area contributed by atoms with Gasteiger partial charge in [0.05, 0.1) is 23.8 Å². The van der Waals surface area contributed by atoms with Crippen molar-refractivity contribution in [2.45, 2.75) is 49.3 Å². The average molecular weight is 652 g/mol. The smallest absolute Gasteiger partial charge is 0.407 e. The summed E-state index contributed by atoms with van der Waals surface area (Å²) in [6.45, 7) is -0.170. The van der Waals surface area contributed by atoms with Crippen molar-refractivity contribution in [3.8, 4) is 11.1 Å². The van der Waals surface area contributed by atoms with E-state index < -0.39 is 55.2 Å². The highest BCUT2D eigenvalue weighted by atomic mass is 16.6. The number of nitrogens with one attached hydrogen (secondary N) is 1. The van der Waals surface area contributed by atoms with E-state index in [0.717, 1.165) is 22.3 Å². The number of fused-ring (bicyclic) bond motifs is 3. The molecule has 6 rings (SSSR count). The zero-order chi connectivity index (χ0) is 33.5. The summed E-state index contributed by atoms with van der Waals surface area (Å²) in [5.74, 6) is -1.49. The largest absolute Gasteiger partial charge is 0.453 e. The number of hydrogen-bond donors (Lipinski definition) is 3. The van der Waals surface area contributed by atoms with E-state index in [9.17, 15) is 24.6 Å². The molecule has 2 aliphatic rings. The van der Waals surface area contributed by atoms with Crippen molar-refractivity contribution in [1.29, 1.82) is 0 Å². The van der Waals surface area contributed by atoms with Gasteiger partial charge in [-0.15, -0.1) is 0 Å². The molecule has 10 nitrogen and oxygen atoms in total. The van der Waals surface area contributed by atoms with Gasteiger partial charge in [-0.05, 0) is 59.4 Å². The fraction of sp³-hybridized carbons (Fsp3) is 0.289. The number of ether oxygens (including phenoxy) is 4. The molecule has 1 aliphatic carbocycles. The van der Waals surface area contributed by atoms with Crippen molar-refractivity contribution in [3.05, 3.63) is 131 Å². The number of esters is 2. The Hall–Kier alpha value is -5.03. The van der Waals surface area contributed by atoms with Crippen molar-refractivity contribution < 1.29 is 43.5 Å². The minimum Gasteiger partial charge on any atom is -0.453 e. The molecule has 1 amide bonds. The third-order valence-electron chi connectivity index (χ3n) is 8.72. The first-order chi connectivity index (χ1) is 23.4. The van der Waals surface area contributed by atoms with Crippen LogP contribution in [0.1, 0.15) is 50.6 Å². The van der Waals surface area contributed by atoms with Crippen molar-refractivity contribution >= 4 is 18.0 Å². The van der Waals surface area contributed by atoms with Crippen LogP contribution in [-0.4, -0.2) is 78.5 Å². The number of aliphatic hydroxyl groups excluding tert-OH is 2. The number of carbonyl (C=O) groups excluding carboxylic acids is 3. The zero-order valence-electron chi connectivity index (χ0n) is 26.1. The summed E-state index contributed by atoms with van der Waals surface area (Å²) in [6.07, 6.45) is -5.97. The highest BCUT2D eigenvalue weighted by molar-refractivity contribution is 5.90. The third-order valence-corrected chi connectivity index (χ3v) is 8.72. The lowest BCUT2D eigenvalue weighted by Crippen LogP contribution is -2.61. The highest BCUT2D eigenvalue weighted by Crippen LogP contribution is 2.44. The number of amides is 1. The van der Waals surface area contributed by atoms with Crippen molar-refractivity contribution in [1.82, 2.24) is 5.32 Å². The molecular formula is C38H37NO9. The van der Waals surface area contributed by atoms with Gasteiger partial charge < -0.3 is 34.5 Å². The lowest BCUT2D eigenvalue weighted by atomic mass is 9.92. The fourth-order valence-electron chi connectivity index (χ4n) is 6.35. The van der Waals surface area contributed by atoms with Crippen LogP contribution in [0.15, 0.2) is 109 Å². The Bertz CT molecular complexity index is 1670. The zero-order valence-corrected chi connectivity index (χ0v) is 26.1. The normalized spacial score (nSPS) is 21.4. The van der Waals surface area contributed by atoms with E-state index in [4.69, 9.17) is 18.9 Å². The van der Waals surface area contributed by atoms with Crippen LogP contribution >= 0.6 is 0 Å².